The predicted octanol–water partition coefficient (Wildman–Crippen LogP) is 3.65. The van der Waals surface area contributed by atoms with Gasteiger partial charge in [0.15, 0.2) is 0 Å². The Labute approximate surface area is 153 Å². The molecule has 1 aromatic heterocycles. The molecular formula is C17H14ClN3O3S. The number of carbonyl (C=O) groups is 3. The molecule has 1 aromatic carbocycles. The molecule has 1 aliphatic rings. The Hall–Kier alpha value is -2.51. The fourth-order valence-corrected chi connectivity index (χ4v) is 3.24. The van der Waals surface area contributed by atoms with Gasteiger partial charge in [0.2, 0.25) is 5.91 Å². The van der Waals surface area contributed by atoms with Crippen molar-refractivity contribution in [3.63, 3.8) is 0 Å². The quantitative estimate of drug-likeness (QED) is 0.799. The normalized spacial score (nSPS) is 15.9. The molecule has 1 aliphatic heterocycles. The van der Waals surface area contributed by atoms with E-state index in [1.807, 2.05) is 6.92 Å². The summed E-state index contributed by atoms with van der Waals surface area (Å²) in [5, 5.41) is 2.69. The smallest absolute Gasteiger partial charge is 0.294 e. The fraction of sp³-hybridized carbons (Fsp3) is 0.118. The summed E-state index contributed by atoms with van der Waals surface area (Å²) in [6, 6.07) is 8.67. The molecule has 0 radical (unpaired) electrons. The zero-order valence-electron chi connectivity index (χ0n) is 13.2. The van der Waals surface area contributed by atoms with E-state index < -0.39 is 17.1 Å². The van der Waals surface area contributed by atoms with Gasteiger partial charge in [-0.15, -0.1) is 0 Å². The number of imide groups is 1. The summed E-state index contributed by atoms with van der Waals surface area (Å²) in [5.41, 5.74) is 2.11. The Kier molecular flexibility index (Phi) is 4.96. The molecule has 3 amide bonds. The van der Waals surface area contributed by atoms with E-state index >= 15 is 0 Å². The van der Waals surface area contributed by atoms with Crippen molar-refractivity contribution in [2.45, 2.75) is 6.92 Å². The average molecular weight is 376 g/mol. The molecule has 2 heterocycles. The summed E-state index contributed by atoms with van der Waals surface area (Å²) in [5.74, 6) is -0.954. The molecule has 8 heteroatoms. The molecule has 2 N–H and O–H groups in total. The van der Waals surface area contributed by atoms with Gasteiger partial charge in [0, 0.05) is 22.6 Å². The van der Waals surface area contributed by atoms with Crippen LogP contribution in [-0.2, 0) is 9.59 Å². The Morgan fingerprint density at radius 2 is 2.16 bits per heavy atom. The third kappa shape index (κ3) is 3.94. The lowest BCUT2D eigenvalue weighted by Crippen LogP contribution is -2.36. The van der Waals surface area contributed by atoms with Crippen LogP contribution in [0.3, 0.4) is 0 Å². The van der Waals surface area contributed by atoms with Crippen LogP contribution in [0, 0.1) is 6.92 Å². The van der Waals surface area contributed by atoms with E-state index in [2.05, 4.69) is 10.3 Å². The number of anilines is 1. The van der Waals surface area contributed by atoms with Gasteiger partial charge in [-0.2, -0.15) is 0 Å². The summed E-state index contributed by atoms with van der Waals surface area (Å²) >= 11 is 6.83. The van der Waals surface area contributed by atoms with Crippen molar-refractivity contribution in [2.75, 3.05) is 11.9 Å². The average Bonchev–Trinajstić information content (AvgIpc) is 3.15. The van der Waals surface area contributed by atoms with Gasteiger partial charge in [0.25, 0.3) is 11.1 Å². The van der Waals surface area contributed by atoms with Gasteiger partial charge >= 0.3 is 0 Å². The molecule has 2 aromatic rings. The van der Waals surface area contributed by atoms with E-state index in [4.69, 9.17) is 11.6 Å². The van der Waals surface area contributed by atoms with Crippen molar-refractivity contribution >= 4 is 52.2 Å². The monoisotopic (exact) mass is 375 g/mol. The number of thioether (sulfide) groups is 1. The Morgan fingerprint density at radius 3 is 2.84 bits per heavy atom. The van der Waals surface area contributed by atoms with Crippen molar-refractivity contribution in [3.8, 4) is 0 Å². The fourth-order valence-electron chi connectivity index (χ4n) is 2.23. The van der Waals surface area contributed by atoms with Crippen LogP contribution >= 0.6 is 23.4 Å². The first kappa shape index (κ1) is 17.3. The maximum atomic E-state index is 12.3. The van der Waals surface area contributed by atoms with Crippen molar-refractivity contribution in [1.29, 1.82) is 0 Å². The molecule has 128 valence electrons. The third-order valence-electron chi connectivity index (χ3n) is 3.54. The van der Waals surface area contributed by atoms with Crippen LogP contribution in [-0.4, -0.2) is 33.5 Å². The number of hydrogen-bond acceptors (Lipinski definition) is 4. The molecule has 0 saturated carbocycles. The second-order valence-corrected chi connectivity index (χ2v) is 6.81. The van der Waals surface area contributed by atoms with E-state index in [1.165, 1.54) is 0 Å². The van der Waals surface area contributed by atoms with Gasteiger partial charge in [0.05, 0.1) is 4.91 Å². The van der Waals surface area contributed by atoms with Crippen LogP contribution in [0.4, 0.5) is 10.5 Å². The highest BCUT2D eigenvalue weighted by Crippen LogP contribution is 2.31. The Balaban J connectivity index is 1.67. The number of benzene rings is 1. The predicted molar refractivity (Wildman–Crippen MR) is 98.3 cm³/mol. The van der Waals surface area contributed by atoms with Gasteiger partial charge < -0.3 is 10.3 Å². The summed E-state index contributed by atoms with van der Waals surface area (Å²) in [7, 11) is 0. The molecule has 25 heavy (non-hydrogen) atoms. The first-order valence-electron chi connectivity index (χ1n) is 7.39. The zero-order valence-corrected chi connectivity index (χ0v) is 14.8. The minimum Gasteiger partial charge on any atom is -0.362 e. The van der Waals surface area contributed by atoms with Crippen molar-refractivity contribution in [2.24, 2.45) is 0 Å². The summed E-state index contributed by atoms with van der Waals surface area (Å²) in [4.78, 5) is 40.6. The SMILES string of the molecule is Cc1ccc(NC(=O)CN2C(=O)S/C(=C/c3ccc[nH]3)C2=O)cc1Cl. The highest BCUT2D eigenvalue weighted by molar-refractivity contribution is 8.18. The number of aromatic amines is 1. The third-order valence-corrected chi connectivity index (χ3v) is 4.85. The molecule has 3 rings (SSSR count). The molecular weight excluding hydrogens is 362 g/mol. The molecule has 0 unspecified atom stereocenters. The number of aryl methyl sites for hydroxylation is 1. The topological polar surface area (TPSA) is 82.3 Å². The molecule has 6 nitrogen and oxygen atoms in total. The minimum absolute atomic E-state index is 0.277. The van der Waals surface area contributed by atoms with Crippen molar-refractivity contribution < 1.29 is 14.4 Å². The number of amides is 3. The lowest BCUT2D eigenvalue weighted by Gasteiger charge is -2.12. The number of carbonyl (C=O) groups excluding carboxylic acids is 3. The van der Waals surface area contributed by atoms with Gasteiger partial charge in [-0.3, -0.25) is 19.3 Å². The van der Waals surface area contributed by atoms with Crippen molar-refractivity contribution in [1.82, 2.24) is 9.88 Å². The number of rotatable bonds is 4. The second kappa shape index (κ2) is 7.16. The van der Waals surface area contributed by atoms with Gasteiger partial charge in [-0.05, 0) is 54.6 Å². The number of hydrogen-bond donors (Lipinski definition) is 2. The Bertz CT molecular complexity index is 877. The van der Waals surface area contributed by atoms with E-state index in [9.17, 15) is 14.4 Å². The summed E-state index contributed by atoms with van der Waals surface area (Å²) < 4.78 is 0. The van der Waals surface area contributed by atoms with E-state index in [1.54, 1.807) is 42.6 Å². The van der Waals surface area contributed by atoms with Crippen LogP contribution < -0.4 is 5.32 Å². The molecule has 1 saturated heterocycles. The first-order chi connectivity index (χ1) is 11.9. The zero-order chi connectivity index (χ0) is 18.0. The van der Waals surface area contributed by atoms with Gasteiger partial charge in [0.1, 0.15) is 6.54 Å². The first-order valence-corrected chi connectivity index (χ1v) is 8.58. The van der Waals surface area contributed by atoms with E-state index in [-0.39, 0.29) is 11.4 Å². The molecule has 0 aliphatic carbocycles. The lowest BCUT2D eigenvalue weighted by atomic mass is 10.2. The van der Waals surface area contributed by atoms with Gasteiger partial charge in [-0.25, -0.2) is 0 Å². The maximum absolute atomic E-state index is 12.3. The summed E-state index contributed by atoms with van der Waals surface area (Å²) in [6.07, 6.45) is 3.30. The van der Waals surface area contributed by atoms with Crippen LogP contribution in [0.1, 0.15) is 11.3 Å². The second-order valence-electron chi connectivity index (χ2n) is 5.41. The summed E-state index contributed by atoms with van der Waals surface area (Å²) in [6.45, 7) is 1.50. The van der Waals surface area contributed by atoms with Crippen LogP contribution in [0.5, 0.6) is 0 Å². The number of nitrogens with zero attached hydrogens (tertiary/aromatic N) is 1. The van der Waals surface area contributed by atoms with E-state index in [0.29, 0.717) is 16.4 Å². The van der Waals surface area contributed by atoms with Crippen molar-refractivity contribution in [3.05, 3.63) is 57.7 Å². The molecule has 0 atom stereocenters. The molecule has 0 bridgehead atoms. The number of aromatic nitrogens is 1. The lowest BCUT2D eigenvalue weighted by molar-refractivity contribution is -0.127. The number of nitrogens with one attached hydrogen (secondary N) is 2. The highest BCUT2D eigenvalue weighted by Gasteiger charge is 2.36. The number of H-pyrrole nitrogens is 1. The number of halogens is 1. The van der Waals surface area contributed by atoms with Crippen LogP contribution in [0.15, 0.2) is 41.4 Å². The largest absolute Gasteiger partial charge is 0.362 e. The Morgan fingerprint density at radius 1 is 1.36 bits per heavy atom. The van der Waals surface area contributed by atoms with Crippen LogP contribution in [0.2, 0.25) is 5.02 Å². The minimum atomic E-state index is -0.485. The molecule has 1 fully saturated rings. The van der Waals surface area contributed by atoms with E-state index in [0.717, 1.165) is 22.2 Å². The molecule has 0 spiro atoms. The maximum Gasteiger partial charge on any atom is 0.294 e. The standard InChI is InChI=1S/C17H14ClN3O3S/c1-10-4-5-12(7-13(10)18)20-15(22)9-21-16(23)14(25-17(21)24)8-11-3-2-6-19-11/h2-8,19H,9H2,1H3,(H,20,22)/b14-8+. The van der Waals surface area contributed by atoms with Gasteiger partial charge in [-0.1, -0.05) is 17.7 Å². The highest BCUT2D eigenvalue weighted by atomic mass is 35.5. The van der Waals surface area contributed by atoms with Crippen LogP contribution in [0.25, 0.3) is 6.08 Å².